The van der Waals surface area contributed by atoms with Gasteiger partial charge in [0.2, 0.25) is 0 Å². The van der Waals surface area contributed by atoms with Crippen molar-refractivity contribution in [2.45, 2.75) is 0 Å². The van der Waals surface area contributed by atoms with E-state index >= 15 is 0 Å². The summed E-state index contributed by atoms with van der Waals surface area (Å²) in [5.41, 5.74) is 0.576. The number of aromatic amines is 1. The van der Waals surface area contributed by atoms with Crippen LogP contribution >= 0.6 is 27.5 Å². The van der Waals surface area contributed by atoms with E-state index in [1.807, 2.05) is 0 Å². The minimum Gasteiger partial charge on any atom is -0.716 e. The highest BCUT2D eigenvalue weighted by Crippen LogP contribution is 2.33. The van der Waals surface area contributed by atoms with E-state index in [2.05, 4.69) is 25.1 Å². The topological polar surface area (TPSA) is 82.2 Å². The van der Waals surface area contributed by atoms with Crippen LogP contribution in [0.2, 0.25) is 5.02 Å². The van der Waals surface area contributed by atoms with Crippen LogP contribution in [-0.4, -0.2) is 18.0 Å². The SMILES string of the molecule is O=S(=O)([O-])Oc1c[nH]c2cc(Cl)c(Br)cc12. The Balaban J connectivity index is 2.61. The van der Waals surface area contributed by atoms with Crippen molar-refractivity contribution in [3.8, 4) is 5.75 Å². The van der Waals surface area contributed by atoms with Crippen molar-refractivity contribution in [3.05, 3.63) is 27.8 Å². The fourth-order valence-corrected chi connectivity index (χ4v) is 2.13. The number of rotatable bonds is 2. The number of H-pyrrole nitrogens is 1. The lowest BCUT2D eigenvalue weighted by molar-refractivity contribution is 0.374. The fraction of sp³-hybridized carbons (Fsp3) is 0. The van der Waals surface area contributed by atoms with Gasteiger partial charge in [-0.1, -0.05) is 11.6 Å². The molecule has 0 bridgehead atoms. The van der Waals surface area contributed by atoms with E-state index in [1.54, 1.807) is 12.1 Å². The highest BCUT2D eigenvalue weighted by Gasteiger charge is 2.10. The summed E-state index contributed by atoms with van der Waals surface area (Å²) in [6, 6.07) is 3.15. The molecule has 0 amide bonds. The van der Waals surface area contributed by atoms with E-state index in [-0.39, 0.29) is 5.75 Å². The van der Waals surface area contributed by atoms with Crippen LogP contribution in [-0.2, 0) is 10.4 Å². The minimum absolute atomic E-state index is 0.0534. The Hall–Kier alpha value is -0.760. The van der Waals surface area contributed by atoms with Crippen molar-refractivity contribution >= 4 is 48.8 Å². The van der Waals surface area contributed by atoms with Gasteiger partial charge in [-0.3, -0.25) is 0 Å². The Kier molecular flexibility index (Phi) is 2.87. The van der Waals surface area contributed by atoms with Crippen LogP contribution in [0.1, 0.15) is 0 Å². The molecule has 0 radical (unpaired) electrons. The summed E-state index contributed by atoms with van der Waals surface area (Å²) in [7, 11) is -4.78. The molecule has 8 heteroatoms. The van der Waals surface area contributed by atoms with Crippen LogP contribution in [0, 0.1) is 0 Å². The highest BCUT2D eigenvalue weighted by atomic mass is 79.9. The van der Waals surface area contributed by atoms with Crippen LogP contribution < -0.4 is 4.18 Å². The van der Waals surface area contributed by atoms with E-state index in [0.29, 0.717) is 20.4 Å². The Morgan fingerprint density at radius 3 is 2.75 bits per heavy atom. The van der Waals surface area contributed by atoms with Crippen molar-refractivity contribution in [3.63, 3.8) is 0 Å². The van der Waals surface area contributed by atoms with Crippen LogP contribution in [0.15, 0.2) is 22.8 Å². The summed E-state index contributed by atoms with van der Waals surface area (Å²) >= 11 is 9.03. The van der Waals surface area contributed by atoms with Gasteiger partial charge in [0.05, 0.1) is 10.5 Å². The molecule has 0 unspecified atom stereocenters. The number of hydrogen-bond donors (Lipinski definition) is 1. The summed E-state index contributed by atoms with van der Waals surface area (Å²) in [5.74, 6) is -0.0534. The zero-order chi connectivity index (χ0) is 11.9. The van der Waals surface area contributed by atoms with Crippen LogP contribution in [0.4, 0.5) is 0 Å². The van der Waals surface area contributed by atoms with Gasteiger partial charge in [0.1, 0.15) is 0 Å². The Labute approximate surface area is 104 Å². The van der Waals surface area contributed by atoms with Crippen molar-refractivity contribution in [2.24, 2.45) is 0 Å². The average Bonchev–Trinajstić information content (AvgIpc) is 2.47. The first-order chi connectivity index (χ1) is 7.37. The Bertz CT molecular complexity index is 651. The van der Waals surface area contributed by atoms with Crippen LogP contribution in [0.5, 0.6) is 5.75 Å². The highest BCUT2D eigenvalue weighted by molar-refractivity contribution is 9.10. The third kappa shape index (κ3) is 2.32. The van der Waals surface area contributed by atoms with Crippen molar-refractivity contribution < 1.29 is 17.2 Å². The number of hydrogen-bond acceptors (Lipinski definition) is 4. The third-order valence-corrected chi connectivity index (χ3v) is 3.46. The molecule has 1 aromatic heterocycles. The lowest BCUT2D eigenvalue weighted by atomic mass is 10.2. The molecular weight excluding hydrogens is 322 g/mol. The molecule has 0 aliphatic heterocycles. The lowest BCUT2D eigenvalue weighted by Crippen LogP contribution is -2.06. The average molecular weight is 326 g/mol. The van der Waals surface area contributed by atoms with Gasteiger partial charge in [0, 0.05) is 16.1 Å². The van der Waals surface area contributed by atoms with E-state index in [9.17, 15) is 13.0 Å². The molecule has 1 heterocycles. The minimum atomic E-state index is -4.78. The third-order valence-electron chi connectivity index (χ3n) is 1.88. The monoisotopic (exact) mass is 324 g/mol. The number of halogens is 2. The van der Waals surface area contributed by atoms with Gasteiger partial charge in [-0.25, -0.2) is 8.42 Å². The largest absolute Gasteiger partial charge is 0.716 e. The van der Waals surface area contributed by atoms with Gasteiger partial charge in [-0.2, -0.15) is 0 Å². The van der Waals surface area contributed by atoms with Crippen molar-refractivity contribution in [2.75, 3.05) is 0 Å². The molecule has 0 saturated heterocycles. The molecule has 1 N–H and O–H groups in total. The first-order valence-electron chi connectivity index (χ1n) is 3.98. The molecule has 0 spiro atoms. The van der Waals surface area contributed by atoms with E-state index in [4.69, 9.17) is 11.6 Å². The van der Waals surface area contributed by atoms with Gasteiger partial charge in [0.25, 0.3) is 10.4 Å². The smallest absolute Gasteiger partial charge is 0.262 e. The van der Waals surface area contributed by atoms with Gasteiger partial charge in [-0.15, -0.1) is 0 Å². The molecular formula is C8H4BrClNO4S-. The lowest BCUT2D eigenvalue weighted by Gasteiger charge is -2.07. The molecule has 2 rings (SSSR count). The van der Waals surface area contributed by atoms with E-state index in [0.717, 1.165) is 0 Å². The van der Waals surface area contributed by atoms with E-state index in [1.165, 1.54) is 6.20 Å². The molecule has 5 nitrogen and oxygen atoms in total. The fourth-order valence-electron chi connectivity index (χ4n) is 1.27. The van der Waals surface area contributed by atoms with E-state index < -0.39 is 10.4 Å². The van der Waals surface area contributed by atoms with Crippen molar-refractivity contribution in [1.29, 1.82) is 0 Å². The van der Waals surface area contributed by atoms with Gasteiger partial charge < -0.3 is 13.7 Å². The molecule has 0 fully saturated rings. The number of fused-ring (bicyclic) bond motifs is 1. The summed E-state index contributed by atoms with van der Waals surface area (Å²) < 4.78 is 36.2. The Morgan fingerprint density at radius 2 is 2.12 bits per heavy atom. The maximum Gasteiger partial charge on any atom is 0.262 e. The maximum absolute atomic E-state index is 10.5. The standard InChI is InChI=1S/C8H5BrClNO4S/c9-5-1-4-7(2-6(5)10)11-3-8(4)15-16(12,13)14/h1-3,11H,(H,12,13,14)/p-1. The molecule has 0 saturated carbocycles. The predicted octanol–water partition coefficient (Wildman–Crippen LogP) is 2.42. The second kappa shape index (κ2) is 3.92. The van der Waals surface area contributed by atoms with Gasteiger partial charge in [-0.05, 0) is 28.1 Å². The molecule has 0 aliphatic carbocycles. The maximum atomic E-state index is 10.5. The molecule has 86 valence electrons. The first kappa shape index (κ1) is 11.7. The number of benzene rings is 1. The van der Waals surface area contributed by atoms with Gasteiger partial charge in [0.15, 0.2) is 5.75 Å². The van der Waals surface area contributed by atoms with Crippen LogP contribution in [0.25, 0.3) is 10.9 Å². The molecule has 2 aromatic rings. The summed E-state index contributed by atoms with van der Waals surface area (Å²) in [6.07, 6.45) is 1.28. The van der Waals surface area contributed by atoms with Crippen molar-refractivity contribution in [1.82, 2.24) is 4.98 Å². The number of aromatic nitrogens is 1. The summed E-state index contributed by atoms with van der Waals surface area (Å²) in [5, 5.41) is 0.918. The predicted molar refractivity (Wildman–Crippen MR) is 61.3 cm³/mol. The van der Waals surface area contributed by atoms with Crippen LogP contribution in [0.3, 0.4) is 0 Å². The summed E-state index contributed by atoms with van der Waals surface area (Å²) in [6.45, 7) is 0. The molecule has 0 atom stereocenters. The second-order valence-electron chi connectivity index (χ2n) is 2.96. The normalized spacial score (nSPS) is 11.9. The molecule has 0 aliphatic rings. The Morgan fingerprint density at radius 1 is 1.44 bits per heavy atom. The quantitative estimate of drug-likeness (QED) is 0.679. The second-order valence-corrected chi connectivity index (χ2v) is 5.20. The van der Waals surface area contributed by atoms with Gasteiger partial charge >= 0.3 is 0 Å². The molecule has 16 heavy (non-hydrogen) atoms. The zero-order valence-electron chi connectivity index (χ0n) is 7.53. The summed E-state index contributed by atoms with van der Waals surface area (Å²) in [4.78, 5) is 2.75. The first-order valence-corrected chi connectivity index (χ1v) is 6.49. The molecule has 1 aromatic carbocycles. The zero-order valence-corrected chi connectivity index (χ0v) is 10.7. The number of nitrogens with one attached hydrogen (secondary N) is 1.